The molecule has 1 heteroatoms. The predicted molar refractivity (Wildman–Crippen MR) is 87.0 cm³/mol. The zero-order valence-electron chi connectivity index (χ0n) is 11.6. The minimum Gasteiger partial charge on any atom is -0.0835 e. The molecule has 0 saturated heterocycles. The second-order valence-corrected chi connectivity index (χ2v) is 6.24. The lowest BCUT2D eigenvalue weighted by atomic mass is 9.96. The third-order valence-corrected chi connectivity index (χ3v) is 4.59. The average Bonchev–Trinajstić information content (AvgIpc) is 2.47. The zero-order chi connectivity index (χ0) is 13.7. The van der Waals surface area contributed by atoms with E-state index in [9.17, 15) is 0 Å². The molecule has 0 N–H and O–H groups in total. The van der Waals surface area contributed by atoms with E-state index in [1.54, 1.807) is 0 Å². The summed E-state index contributed by atoms with van der Waals surface area (Å²) in [6, 6.07) is 19.7. The summed E-state index contributed by atoms with van der Waals surface area (Å²) in [7, 11) is 0. The smallest absolute Gasteiger partial charge is 0.0435 e. The van der Waals surface area contributed by atoms with Crippen LogP contribution in [0.3, 0.4) is 0 Å². The van der Waals surface area contributed by atoms with Crippen molar-refractivity contribution < 1.29 is 0 Å². The van der Waals surface area contributed by atoms with Gasteiger partial charge in [0.25, 0.3) is 0 Å². The molecule has 0 fully saturated rings. The highest BCUT2D eigenvalue weighted by Crippen LogP contribution is 2.28. The van der Waals surface area contributed by atoms with Crippen molar-refractivity contribution in [1.29, 1.82) is 0 Å². The highest BCUT2D eigenvalue weighted by molar-refractivity contribution is 9.09. The Labute approximate surface area is 125 Å². The van der Waals surface area contributed by atoms with Crippen LogP contribution in [0.4, 0.5) is 0 Å². The van der Waals surface area contributed by atoms with E-state index in [1.807, 2.05) is 0 Å². The van der Waals surface area contributed by atoms with Crippen LogP contribution in [0.25, 0.3) is 0 Å². The van der Waals surface area contributed by atoms with Crippen molar-refractivity contribution in [1.82, 2.24) is 0 Å². The van der Waals surface area contributed by atoms with E-state index in [2.05, 4.69) is 84.4 Å². The van der Waals surface area contributed by atoms with Crippen LogP contribution >= 0.6 is 15.9 Å². The van der Waals surface area contributed by atoms with E-state index in [0.717, 1.165) is 6.42 Å². The Bertz CT molecular complexity index is 487. The van der Waals surface area contributed by atoms with Gasteiger partial charge in [0.1, 0.15) is 0 Å². The number of halogens is 1. The van der Waals surface area contributed by atoms with Gasteiger partial charge in [-0.05, 0) is 35.4 Å². The van der Waals surface area contributed by atoms with Gasteiger partial charge in [-0.1, -0.05) is 84.4 Å². The third-order valence-electron chi connectivity index (χ3n) is 3.74. The second-order valence-electron chi connectivity index (χ2n) is 5.13. The molecule has 2 aromatic rings. The monoisotopic (exact) mass is 316 g/mol. The van der Waals surface area contributed by atoms with Gasteiger partial charge in [0.15, 0.2) is 0 Å². The minimum absolute atomic E-state index is 0.390. The van der Waals surface area contributed by atoms with Gasteiger partial charge in [-0.25, -0.2) is 0 Å². The van der Waals surface area contributed by atoms with Gasteiger partial charge >= 0.3 is 0 Å². The number of rotatable bonds is 5. The first-order valence-corrected chi connectivity index (χ1v) is 7.90. The van der Waals surface area contributed by atoms with E-state index in [-0.39, 0.29) is 0 Å². The van der Waals surface area contributed by atoms with E-state index in [4.69, 9.17) is 0 Å². The summed E-state index contributed by atoms with van der Waals surface area (Å²) >= 11 is 3.80. The Morgan fingerprint density at radius 3 is 2.05 bits per heavy atom. The van der Waals surface area contributed by atoms with Crippen molar-refractivity contribution >= 4 is 15.9 Å². The van der Waals surface area contributed by atoms with Crippen LogP contribution in [0.1, 0.15) is 47.7 Å². The first kappa shape index (κ1) is 14.3. The molecule has 2 rings (SSSR count). The molecule has 0 aromatic heterocycles. The summed E-state index contributed by atoms with van der Waals surface area (Å²) in [5, 5.41) is 0. The van der Waals surface area contributed by atoms with E-state index in [0.29, 0.717) is 10.7 Å². The molecule has 0 saturated carbocycles. The molecule has 0 aliphatic heterocycles. The quantitative estimate of drug-likeness (QED) is 0.604. The second kappa shape index (κ2) is 6.91. The van der Waals surface area contributed by atoms with E-state index < -0.39 is 0 Å². The van der Waals surface area contributed by atoms with Gasteiger partial charge in [0.2, 0.25) is 0 Å². The number of alkyl halides is 1. The minimum atomic E-state index is 0.390. The summed E-state index contributed by atoms with van der Waals surface area (Å²) in [5.74, 6) is 0.650. The first-order valence-electron chi connectivity index (χ1n) is 6.98. The SMILES string of the molecule is CCC(C)c1ccc(C(Br)Cc2ccccc2)cc1. The Balaban J connectivity index is 2.05. The van der Waals surface area contributed by atoms with Gasteiger partial charge in [-0.15, -0.1) is 0 Å². The molecule has 0 nitrogen and oxygen atoms in total. The van der Waals surface area contributed by atoms with Gasteiger partial charge in [-0.3, -0.25) is 0 Å². The standard InChI is InChI=1S/C18H21Br/c1-3-14(2)16-9-11-17(12-10-16)18(19)13-15-7-5-4-6-8-15/h4-12,14,18H,3,13H2,1-2H3. The van der Waals surface area contributed by atoms with Crippen LogP contribution in [-0.4, -0.2) is 0 Å². The molecule has 0 bridgehead atoms. The number of benzene rings is 2. The lowest BCUT2D eigenvalue weighted by Gasteiger charge is -2.13. The number of hydrogen-bond donors (Lipinski definition) is 0. The molecule has 2 unspecified atom stereocenters. The molecule has 0 heterocycles. The van der Waals surface area contributed by atoms with Crippen molar-refractivity contribution in [3.8, 4) is 0 Å². The topological polar surface area (TPSA) is 0 Å². The summed E-state index contributed by atoms with van der Waals surface area (Å²) in [5.41, 5.74) is 4.16. The molecule has 0 aliphatic carbocycles. The lowest BCUT2D eigenvalue weighted by Crippen LogP contribution is -1.97. The largest absolute Gasteiger partial charge is 0.0835 e. The zero-order valence-corrected chi connectivity index (χ0v) is 13.2. The number of hydrogen-bond acceptors (Lipinski definition) is 0. The van der Waals surface area contributed by atoms with E-state index >= 15 is 0 Å². The van der Waals surface area contributed by atoms with Crippen molar-refractivity contribution in [2.24, 2.45) is 0 Å². The van der Waals surface area contributed by atoms with Gasteiger partial charge in [0, 0.05) is 4.83 Å². The predicted octanol–water partition coefficient (Wildman–Crippen LogP) is 5.88. The fourth-order valence-corrected chi connectivity index (χ4v) is 2.89. The van der Waals surface area contributed by atoms with Crippen LogP contribution in [0, 0.1) is 0 Å². The molecular formula is C18H21Br. The molecule has 2 atom stereocenters. The van der Waals surface area contributed by atoms with Crippen molar-refractivity contribution in [3.63, 3.8) is 0 Å². The van der Waals surface area contributed by atoms with E-state index in [1.165, 1.54) is 23.1 Å². The van der Waals surface area contributed by atoms with Crippen LogP contribution in [-0.2, 0) is 6.42 Å². The van der Waals surface area contributed by atoms with Crippen molar-refractivity contribution in [2.75, 3.05) is 0 Å². The Morgan fingerprint density at radius 1 is 0.895 bits per heavy atom. The molecule has 100 valence electrons. The van der Waals surface area contributed by atoms with Crippen LogP contribution in [0.5, 0.6) is 0 Å². The van der Waals surface area contributed by atoms with Crippen molar-refractivity contribution in [3.05, 3.63) is 71.3 Å². The highest BCUT2D eigenvalue weighted by atomic mass is 79.9. The third kappa shape index (κ3) is 3.94. The van der Waals surface area contributed by atoms with Gasteiger partial charge in [-0.2, -0.15) is 0 Å². The average molecular weight is 317 g/mol. The summed E-state index contributed by atoms with van der Waals surface area (Å²) in [6.45, 7) is 4.52. The summed E-state index contributed by atoms with van der Waals surface area (Å²) < 4.78 is 0. The summed E-state index contributed by atoms with van der Waals surface area (Å²) in [6.07, 6.45) is 2.23. The fraction of sp³-hybridized carbons (Fsp3) is 0.333. The molecule has 0 radical (unpaired) electrons. The highest BCUT2D eigenvalue weighted by Gasteiger charge is 2.09. The summed E-state index contributed by atoms with van der Waals surface area (Å²) in [4.78, 5) is 0.390. The molecule has 0 amide bonds. The van der Waals surface area contributed by atoms with Gasteiger partial charge in [0.05, 0.1) is 0 Å². The molecular weight excluding hydrogens is 296 g/mol. The van der Waals surface area contributed by atoms with Crippen LogP contribution in [0.15, 0.2) is 54.6 Å². The fourth-order valence-electron chi connectivity index (χ4n) is 2.21. The lowest BCUT2D eigenvalue weighted by molar-refractivity contribution is 0.733. The Kier molecular flexibility index (Phi) is 5.21. The molecule has 2 aromatic carbocycles. The Morgan fingerprint density at radius 2 is 1.47 bits per heavy atom. The molecule has 0 spiro atoms. The van der Waals surface area contributed by atoms with Crippen molar-refractivity contribution in [2.45, 2.75) is 37.4 Å². The maximum Gasteiger partial charge on any atom is 0.0435 e. The molecule has 19 heavy (non-hydrogen) atoms. The Hall–Kier alpha value is -1.08. The van der Waals surface area contributed by atoms with Crippen LogP contribution < -0.4 is 0 Å². The van der Waals surface area contributed by atoms with Gasteiger partial charge < -0.3 is 0 Å². The normalized spacial score (nSPS) is 14.1. The maximum atomic E-state index is 3.80. The van der Waals surface area contributed by atoms with Crippen LogP contribution in [0.2, 0.25) is 0 Å². The molecule has 0 aliphatic rings. The maximum absolute atomic E-state index is 3.80. The first-order chi connectivity index (χ1) is 9.20.